The third kappa shape index (κ3) is 3.24. The van der Waals surface area contributed by atoms with Crippen LogP contribution in [0.1, 0.15) is 24.1 Å². The first kappa shape index (κ1) is 14.7. The van der Waals surface area contributed by atoms with Gasteiger partial charge in [0.1, 0.15) is 0 Å². The van der Waals surface area contributed by atoms with E-state index in [1.165, 1.54) is 0 Å². The highest BCUT2D eigenvalue weighted by Crippen LogP contribution is 2.36. The Balaban J connectivity index is 2.55. The zero-order valence-corrected chi connectivity index (χ0v) is 12.7. The Kier molecular flexibility index (Phi) is 5.12. The van der Waals surface area contributed by atoms with E-state index in [1.54, 1.807) is 0 Å². The van der Waals surface area contributed by atoms with Crippen LogP contribution in [-0.2, 0) is 0 Å². The monoisotopic (exact) mass is 313 g/mol. The molecule has 1 unspecified atom stereocenters. The number of hydrogen-bond donors (Lipinski definition) is 1. The number of benzene rings is 2. The Bertz CT molecular complexity index is 549. The molecule has 2 aromatic carbocycles. The van der Waals surface area contributed by atoms with Crippen molar-refractivity contribution in [3.63, 3.8) is 0 Å². The SMILES string of the molecule is CCNC(c1ccccc1Cl)c1c(Cl)cccc1Cl. The Morgan fingerprint density at radius 2 is 1.47 bits per heavy atom. The minimum Gasteiger partial charge on any atom is -0.306 e. The van der Waals surface area contributed by atoms with Crippen molar-refractivity contribution in [2.45, 2.75) is 13.0 Å². The molecule has 0 saturated heterocycles. The summed E-state index contributed by atoms with van der Waals surface area (Å²) in [5.41, 5.74) is 1.84. The van der Waals surface area contributed by atoms with Gasteiger partial charge in [-0.25, -0.2) is 0 Å². The maximum Gasteiger partial charge on any atom is 0.0621 e. The van der Waals surface area contributed by atoms with E-state index in [0.717, 1.165) is 17.7 Å². The molecule has 1 nitrogen and oxygen atoms in total. The van der Waals surface area contributed by atoms with Crippen LogP contribution >= 0.6 is 34.8 Å². The molecule has 0 fully saturated rings. The lowest BCUT2D eigenvalue weighted by Crippen LogP contribution is -2.23. The van der Waals surface area contributed by atoms with Crippen molar-refractivity contribution in [1.29, 1.82) is 0 Å². The van der Waals surface area contributed by atoms with Gasteiger partial charge in [0.2, 0.25) is 0 Å². The summed E-state index contributed by atoms with van der Waals surface area (Å²) in [4.78, 5) is 0. The van der Waals surface area contributed by atoms with Crippen molar-refractivity contribution < 1.29 is 0 Å². The summed E-state index contributed by atoms with van der Waals surface area (Å²) in [6.07, 6.45) is 0. The van der Waals surface area contributed by atoms with Gasteiger partial charge in [-0.05, 0) is 30.3 Å². The number of nitrogens with one attached hydrogen (secondary N) is 1. The minimum atomic E-state index is -0.111. The van der Waals surface area contributed by atoms with Gasteiger partial charge in [-0.1, -0.05) is 66.0 Å². The van der Waals surface area contributed by atoms with E-state index in [1.807, 2.05) is 49.4 Å². The van der Waals surface area contributed by atoms with Crippen molar-refractivity contribution in [2.75, 3.05) is 6.54 Å². The molecule has 2 rings (SSSR count). The fraction of sp³-hybridized carbons (Fsp3) is 0.200. The topological polar surface area (TPSA) is 12.0 Å². The predicted molar refractivity (Wildman–Crippen MR) is 83.4 cm³/mol. The maximum absolute atomic E-state index is 6.29. The molecule has 1 N–H and O–H groups in total. The first-order valence-corrected chi connectivity index (χ1v) is 7.20. The summed E-state index contributed by atoms with van der Waals surface area (Å²) in [7, 11) is 0. The van der Waals surface area contributed by atoms with E-state index in [-0.39, 0.29) is 6.04 Å². The largest absolute Gasteiger partial charge is 0.306 e. The van der Waals surface area contributed by atoms with Gasteiger partial charge in [0.25, 0.3) is 0 Å². The average Bonchev–Trinajstić information content (AvgIpc) is 2.38. The lowest BCUT2D eigenvalue weighted by Gasteiger charge is -2.22. The lowest BCUT2D eigenvalue weighted by molar-refractivity contribution is 0.631. The van der Waals surface area contributed by atoms with Crippen molar-refractivity contribution in [3.8, 4) is 0 Å². The summed E-state index contributed by atoms with van der Waals surface area (Å²) in [5.74, 6) is 0. The Morgan fingerprint density at radius 3 is 2.05 bits per heavy atom. The van der Waals surface area contributed by atoms with E-state index >= 15 is 0 Å². The normalized spacial score (nSPS) is 12.4. The molecule has 0 aliphatic rings. The van der Waals surface area contributed by atoms with Crippen molar-refractivity contribution in [1.82, 2.24) is 5.32 Å². The minimum absolute atomic E-state index is 0.111. The molecule has 0 amide bonds. The zero-order valence-electron chi connectivity index (χ0n) is 10.5. The van der Waals surface area contributed by atoms with Gasteiger partial charge in [0.05, 0.1) is 6.04 Å². The molecule has 0 saturated carbocycles. The smallest absolute Gasteiger partial charge is 0.0621 e. The fourth-order valence-electron chi connectivity index (χ4n) is 2.07. The molecule has 1 atom stereocenters. The standard InChI is InChI=1S/C15H14Cl3N/c1-2-19-15(10-6-3-4-7-11(10)16)14-12(17)8-5-9-13(14)18/h3-9,15,19H,2H2,1H3. The first-order valence-electron chi connectivity index (χ1n) is 6.06. The third-order valence-corrected chi connectivity index (χ3v) is 3.92. The second kappa shape index (κ2) is 6.62. The van der Waals surface area contributed by atoms with Gasteiger partial charge in [-0.3, -0.25) is 0 Å². The Labute approximate surface area is 128 Å². The molecular formula is C15H14Cl3N. The molecule has 0 aliphatic heterocycles. The summed E-state index contributed by atoms with van der Waals surface area (Å²) in [6, 6.07) is 13.1. The van der Waals surface area contributed by atoms with Crippen LogP contribution in [0.3, 0.4) is 0 Å². The van der Waals surface area contributed by atoms with Gasteiger partial charge in [-0.2, -0.15) is 0 Å². The van der Waals surface area contributed by atoms with E-state index < -0.39 is 0 Å². The molecule has 19 heavy (non-hydrogen) atoms. The summed E-state index contributed by atoms with van der Waals surface area (Å²) in [5, 5.41) is 5.36. The van der Waals surface area contributed by atoms with Crippen LogP contribution in [0.2, 0.25) is 15.1 Å². The first-order chi connectivity index (χ1) is 9.15. The van der Waals surface area contributed by atoms with Gasteiger partial charge >= 0.3 is 0 Å². The second-order valence-electron chi connectivity index (χ2n) is 4.15. The lowest BCUT2D eigenvalue weighted by atomic mass is 9.98. The second-order valence-corrected chi connectivity index (χ2v) is 5.37. The van der Waals surface area contributed by atoms with Crippen molar-refractivity contribution in [2.24, 2.45) is 0 Å². The number of rotatable bonds is 4. The molecule has 0 aliphatic carbocycles. The van der Waals surface area contributed by atoms with Crippen LogP contribution in [0.25, 0.3) is 0 Å². The summed E-state index contributed by atoms with van der Waals surface area (Å²) in [6.45, 7) is 2.83. The highest BCUT2D eigenvalue weighted by molar-refractivity contribution is 6.36. The van der Waals surface area contributed by atoms with E-state index in [0.29, 0.717) is 15.1 Å². The molecule has 100 valence electrons. The van der Waals surface area contributed by atoms with Crippen LogP contribution in [0.5, 0.6) is 0 Å². The van der Waals surface area contributed by atoms with E-state index in [4.69, 9.17) is 34.8 Å². The quantitative estimate of drug-likeness (QED) is 0.802. The number of halogens is 3. The van der Waals surface area contributed by atoms with Crippen molar-refractivity contribution in [3.05, 3.63) is 68.7 Å². The highest BCUT2D eigenvalue weighted by atomic mass is 35.5. The van der Waals surface area contributed by atoms with Crippen LogP contribution in [0.4, 0.5) is 0 Å². The van der Waals surface area contributed by atoms with E-state index in [9.17, 15) is 0 Å². The summed E-state index contributed by atoms with van der Waals surface area (Å²) < 4.78 is 0. The average molecular weight is 315 g/mol. The molecule has 2 aromatic rings. The van der Waals surface area contributed by atoms with Gasteiger partial charge in [0.15, 0.2) is 0 Å². The third-order valence-electron chi connectivity index (χ3n) is 2.91. The zero-order chi connectivity index (χ0) is 13.8. The predicted octanol–water partition coefficient (Wildman–Crippen LogP) is 5.35. The molecule has 4 heteroatoms. The van der Waals surface area contributed by atoms with Crippen LogP contribution in [0.15, 0.2) is 42.5 Å². The Hall–Kier alpha value is -0.730. The van der Waals surface area contributed by atoms with Crippen LogP contribution in [0, 0.1) is 0 Å². The number of hydrogen-bond acceptors (Lipinski definition) is 1. The fourth-order valence-corrected chi connectivity index (χ4v) is 2.93. The van der Waals surface area contributed by atoms with E-state index in [2.05, 4.69) is 5.32 Å². The molecule has 0 radical (unpaired) electrons. The van der Waals surface area contributed by atoms with Gasteiger partial charge < -0.3 is 5.32 Å². The van der Waals surface area contributed by atoms with Crippen LogP contribution < -0.4 is 5.32 Å². The highest BCUT2D eigenvalue weighted by Gasteiger charge is 2.20. The van der Waals surface area contributed by atoms with Gasteiger partial charge in [0, 0.05) is 20.6 Å². The molecule has 0 bridgehead atoms. The van der Waals surface area contributed by atoms with Crippen LogP contribution in [-0.4, -0.2) is 6.54 Å². The maximum atomic E-state index is 6.29. The molecule has 0 spiro atoms. The van der Waals surface area contributed by atoms with Gasteiger partial charge in [-0.15, -0.1) is 0 Å². The molecule has 0 aromatic heterocycles. The summed E-state index contributed by atoms with van der Waals surface area (Å²) >= 11 is 18.9. The molecular weight excluding hydrogens is 301 g/mol. The Morgan fingerprint density at radius 1 is 0.895 bits per heavy atom. The molecule has 0 heterocycles. The van der Waals surface area contributed by atoms with Crippen molar-refractivity contribution >= 4 is 34.8 Å².